The number of hydrogen-bond acceptors (Lipinski definition) is 3. The number of anilines is 1. The molecule has 0 aliphatic rings. The normalized spacial score (nSPS) is 12.2. The second kappa shape index (κ2) is 9.26. The summed E-state index contributed by atoms with van der Waals surface area (Å²) in [6, 6.07) is 9.40. The van der Waals surface area contributed by atoms with E-state index in [1.807, 2.05) is 0 Å². The zero-order chi connectivity index (χ0) is 21.8. The Kier molecular flexibility index (Phi) is 7.24. The van der Waals surface area contributed by atoms with E-state index >= 15 is 0 Å². The van der Waals surface area contributed by atoms with E-state index in [0.717, 1.165) is 13.8 Å². The van der Waals surface area contributed by atoms with Gasteiger partial charge < -0.3 is 10.6 Å². The van der Waals surface area contributed by atoms with Crippen LogP contribution in [0.2, 0.25) is 0 Å². The number of carbonyl (C=O) groups is 3. The number of benzene rings is 2. The molecule has 0 aliphatic carbocycles. The first kappa shape index (κ1) is 22.7. The van der Waals surface area contributed by atoms with Gasteiger partial charge >= 0.3 is 0 Å². The zero-order valence-electron chi connectivity index (χ0n) is 16.2. The molecule has 0 bridgehead atoms. The molecule has 2 aromatic carbocycles. The van der Waals surface area contributed by atoms with Gasteiger partial charge in [-0.2, -0.15) is 0 Å². The molecular formula is C21H21BrF2N2O3. The number of alkyl halides is 2. The van der Waals surface area contributed by atoms with Crippen LogP contribution in [0.25, 0.3) is 0 Å². The van der Waals surface area contributed by atoms with Crippen LogP contribution in [0.15, 0.2) is 42.5 Å². The van der Waals surface area contributed by atoms with Gasteiger partial charge in [-0.05, 0) is 56.7 Å². The van der Waals surface area contributed by atoms with E-state index in [2.05, 4.69) is 26.6 Å². The third-order valence-electron chi connectivity index (χ3n) is 4.15. The monoisotopic (exact) mass is 466 g/mol. The molecule has 29 heavy (non-hydrogen) atoms. The lowest BCUT2D eigenvalue weighted by atomic mass is 10.0. The number of ketones is 1. The first-order valence-corrected chi connectivity index (χ1v) is 9.94. The van der Waals surface area contributed by atoms with Gasteiger partial charge in [-0.1, -0.05) is 28.1 Å². The first-order valence-electron chi connectivity index (χ1n) is 8.82. The van der Waals surface area contributed by atoms with Crippen molar-refractivity contribution >= 4 is 39.2 Å². The predicted octanol–water partition coefficient (Wildman–Crippen LogP) is 4.58. The number of rotatable bonds is 7. The van der Waals surface area contributed by atoms with Gasteiger partial charge in [-0.3, -0.25) is 14.4 Å². The number of amides is 2. The maximum absolute atomic E-state index is 13.8. The highest BCUT2D eigenvalue weighted by molar-refractivity contribution is 9.09. The highest BCUT2D eigenvalue weighted by Gasteiger charge is 2.27. The van der Waals surface area contributed by atoms with Crippen molar-refractivity contribution in [2.75, 3.05) is 10.6 Å². The SMILES string of the molecule is C[C@@H](NC(=O)c1cc(NC(=O)C(C)(C)F)cc(C(=O)CBr)c1)c1ccc(F)cc1. The molecule has 0 aliphatic heterocycles. The van der Waals surface area contributed by atoms with Crippen LogP contribution < -0.4 is 10.6 Å². The zero-order valence-corrected chi connectivity index (χ0v) is 17.8. The van der Waals surface area contributed by atoms with Gasteiger partial charge in [0.1, 0.15) is 5.82 Å². The van der Waals surface area contributed by atoms with Crippen LogP contribution >= 0.6 is 15.9 Å². The summed E-state index contributed by atoms with van der Waals surface area (Å²) in [4.78, 5) is 36.7. The Balaban J connectivity index is 2.30. The molecule has 2 aromatic rings. The fourth-order valence-electron chi connectivity index (χ4n) is 2.46. The average Bonchev–Trinajstić information content (AvgIpc) is 2.66. The molecule has 0 fully saturated rings. The Morgan fingerprint density at radius 3 is 2.21 bits per heavy atom. The average molecular weight is 467 g/mol. The van der Waals surface area contributed by atoms with Gasteiger partial charge in [0, 0.05) is 16.8 Å². The number of carbonyl (C=O) groups excluding carboxylic acids is 3. The van der Waals surface area contributed by atoms with Crippen LogP contribution in [0.4, 0.5) is 14.5 Å². The summed E-state index contributed by atoms with van der Waals surface area (Å²) >= 11 is 3.07. The van der Waals surface area contributed by atoms with E-state index in [9.17, 15) is 23.2 Å². The first-order chi connectivity index (χ1) is 13.5. The highest BCUT2D eigenvalue weighted by atomic mass is 79.9. The minimum atomic E-state index is -2.13. The van der Waals surface area contributed by atoms with Crippen LogP contribution in [0.3, 0.4) is 0 Å². The molecular weight excluding hydrogens is 446 g/mol. The van der Waals surface area contributed by atoms with Crippen molar-refractivity contribution in [2.45, 2.75) is 32.5 Å². The van der Waals surface area contributed by atoms with E-state index in [0.29, 0.717) is 5.56 Å². The lowest BCUT2D eigenvalue weighted by molar-refractivity contribution is -0.125. The lowest BCUT2D eigenvalue weighted by Gasteiger charge is -2.17. The quantitative estimate of drug-likeness (QED) is 0.463. The van der Waals surface area contributed by atoms with Crippen LogP contribution in [0, 0.1) is 5.82 Å². The fourth-order valence-corrected chi connectivity index (χ4v) is 2.79. The molecule has 154 valence electrons. The molecule has 0 saturated heterocycles. The van der Waals surface area contributed by atoms with Crippen molar-refractivity contribution in [3.63, 3.8) is 0 Å². The Morgan fingerprint density at radius 2 is 1.66 bits per heavy atom. The van der Waals surface area contributed by atoms with Gasteiger partial charge in [-0.15, -0.1) is 0 Å². The summed E-state index contributed by atoms with van der Waals surface area (Å²) in [7, 11) is 0. The molecule has 2 rings (SSSR count). The third kappa shape index (κ3) is 6.19. The Morgan fingerprint density at radius 1 is 1.07 bits per heavy atom. The Bertz CT molecular complexity index is 925. The van der Waals surface area contributed by atoms with E-state index < -0.39 is 23.5 Å². The summed E-state index contributed by atoms with van der Waals surface area (Å²) in [6.45, 7) is 3.94. The molecule has 0 heterocycles. The largest absolute Gasteiger partial charge is 0.346 e. The van der Waals surface area contributed by atoms with Crippen LogP contribution in [0.1, 0.15) is 53.1 Å². The summed E-state index contributed by atoms with van der Waals surface area (Å²) in [5.74, 6) is -2.08. The van der Waals surface area contributed by atoms with Crippen molar-refractivity contribution < 1.29 is 23.2 Å². The van der Waals surface area contributed by atoms with Crippen molar-refractivity contribution in [1.82, 2.24) is 5.32 Å². The van der Waals surface area contributed by atoms with Crippen LogP contribution in [0.5, 0.6) is 0 Å². The van der Waals surface area contributed by atoms with Gasteiger partial charge in [0.25, 0.3) is 11.8 Å². The molecule has 2 N–H and O–H groups in total. The predicted molar refractivity (Wildman–Crippen MR) is 111 cm³/mol. The molecule has 1 atom stereocenters. The standard InChI is InChI=1S/C21H21BrF2N2O3/c1-12(13-4-6-16(23)7-5-13)25-19(28)15-8-14(18(27)11-22)9-17(10-15)26-20(29)21(2,3)24/h4-10,12H,11H2,1-3H3,(H,25,28)(H,26,29)/t12-/m1/s1. The number of hydrogen-bond donors (Lipinski definition) is 2. The van der Waals surface area contributed by atoms with E-state index in [4.69, 9.17) is 0 Å². The molecule has 0 spiro atoms. The van der Waals surface area contributed by atoms with Crippen molar-refractivity contribution in [1.29, 1.82) is 0 Å². The topological polar surface area (TPSA) is 75.3 Å². The van der Waals surface area contributed by atoms with Gasteiger partial charge in [0.2, 0.25) is 0 Å². The van der Waals surface area contributed by atoms with E-state index in [1.165, 1.54) is 30.3 Å². The second-order valence-corrected chi connectivity index (χ2v) is 7.59. The summed E-state index contributed by atoms with van der Waals surface area (Å²) in [6.07, 6.45) is 0. The van der Waals surface area contributed by atoms with Gasteiger partial charge in [-0.25, -0.2) is 8.78 Å². The molecule has 8 heteroatoms. The summed E-state index contributed by atoms with van der Waals surface area (Å²) in [5, 5.41) is 5.16. The molecule has 5 nitrogen and oxygen atoms in total. The van der Waals surface area contributed by atoms with Crippen LogP contribution in [-0.4, -0.2) is 28.6 Å². The number of Topliss-reactive ketones (excluding diaryl/α,β-unsaturated/α-hetero) is 1. The molecule has 0 radical (unpaired) electrons. The third-order valence-corrected chi connectivity index (χ3v) is 4.66. The van der Waals surface area contributed by atoms with Crippen molar-refractivity contribution in [3.8, 4) is 0 Å². The number of halogens is 3. The molecule has 0 saturated carbocycles. The minimum Gasteiger partial charge on any atom is -0.346 e. The second-order valence-electron chi connectivity index (χ2n) is 7.03. The highest BCUT2D eigenvalue weighted by Crippen LogP contribution is 2.21. The summed E-state index contributed by atoms with van der Waals surface area (Å²) in [5.41, 5.74) is -0.990. The summed E-state index contributed by atoms with van der Waals surface area (Å²) < 4.78 is 26.9. The smallest absolute Gasteiger partial charge is 0.261 e. The molecule has 2 amide bonds. The van der Waals surface area contributed by atoms with E-state index in [-0.39, 0.29) is 33.7 Å². The Hall–Kier alpha value is -2.61. The van der Waals surface area contributed by atoms with Crippen molar-refractivity contribution in [2.24, 2.45) is 0 Å². The molecule has 0 unspecified atom stereocenters. The maximum atomic E-state index is 13.8. The van der Waals surface area contributed by atoms with Gasteiger partial charge in [0.15, 0.2) is 11.5 Å². The fraction of sp³-hybridized carbons (Fsp3) is 0.286. The minimum absolute atomic E-state index is 0.0199. The Labute approximate surface area is 176 Å². The maximum Gasteiger partial charge on any atom is 0.261 e. The number of nitrogens with one attached hydrogen (secondary N) is 2. The van der Waals surface area contributed by atoms with Crippen molar-refractivity contribution in [3.05, 3.63) is 65.0 Å². The lowest BCUT2D eigenvalue weighted by Crippen LogP contribution is -2.33. The van der Waals surface area contributed by atoms with Gasteiger partial charge in [0.05, 0.1) is 11.4 Å². The van der Waals surface area contributed by atoms with E-state index in [1.54, 1.807) is 19.1 Å². The molecule has 0 aromatic heterocycles. The van der Waals surface area contributed by atoms with Crippen LogP contribution in [-0.2, 0) is 4.79 Å².